The van der Waals surface area contributed by atoms with Crippen LogP contribution < -0.4 is 19.9 Å². The lowest BCUT2D eigenvalue weighted by atomic mass is 10.1. The summed E-state index contributed by atoms with van der Waals surface area (Å²) in [5.74, 6) is 2.57. The SMILES string of the molecule is COc1cc2ccc(Oc3ccc(N)c(C)c3C)nc2cc1OC. The minimum absolute atomic E-state index is 0.516. The number of rotatable bonds is 4. The van der Waals surface area contributed by atoms with E-state index in [1.807, 2.05) is 50.2 Å². The van der Waals surface area contributed by atoms with Gasteiger partial charge >= 0.3 is 0 Å². The molecule has 0 amide bonds. The second kappa shape index (κ2) is 6.28. The van der Waals surface area contributed by atoms with Gasteiger partial charge < -0.3 is 19.9 Å². The van der Waals surface area contributed by atoms with E-state index >= 15 is 0 Å². The average molecular weight is 324 g/mol. The molecule has 5 heteroatoms. The number of nitrogens with zero attached hydrogens (tertiary/aromatic N) is 1. The third kappa shape index (κ3) is 2.80. The summed E-state index contributed by atoms with van der Waals surface area (Å²) < 4.78 is 16.6. The van der Waals surface area contributed by atoms with E-state index in [0.29, 0.717) is 17.4 Å². The number of hydrogen-bond acceptors (Lipinski definition) is 5. The highest BCUT2D eigenvalue weighted by Crippen LogP contribution is 2.34. The fourth-order valence-corrected chi connectivity index (χ4v) is 2.53. The Bertz CT molecular complexity index is 907. The van der Waals surface area contributed by atoms with Crippen LogP contribution in [-0.4, -0.2) is 19.2 Å². The lowest BCUT2D eigenvalue weighted by Crippen LogP contribution is -1.97. The molecule has 124 valence electrons. The maximum atomic E-state index is 5.94. The first kappa shape index (κ1) is 15.9. The van der Waals surface area contributed by atoms with Crippen LogP contribution in [0.4, 0.5) is 5.69 Å². The summed E-state index contributed by atoms with van der Waals surface area (Å²) in [4.78, 5) is 4.56. The molecule has 0 spiro atoms. The number of nitrogens with two attached hydrogens (primary N) is 1. The second-order valence-electron chi connectivity index (χ2n) is 5.55. The number of aromatic nitrogens is 1. The Morgan fingerprint density at radius 1 is 0.833 bits per heavy atom. The fourth-order valence-electron chi connectivity index (χ4n) is 2.53. The standard InChI is InChI=1S/C19H20N2O3/c1-11-12(2)16(7-6-14(11)20)24-19-8-5-13-9-17(22-3)18(23-4)10-15(13)21-19/h5-10H,20H2,1-4H3. The number of methoxy groups -OCH3 is 2. The van der Waals surface area contributed by atoms with E-state index in [2.05, 4.69) is 4.98 Å². The van der Waals surface area contributed by atoms with Crippen molar-refractivity contribution in [2.75, 3.05) is 20.0 Å². The van der Waals surface area contributed by atoms with Gasteiger partial charge in [-0.25, -0.2) is 4.98 Å². The van der Waals surface area contributed by atoms with Gasteiger partial charge in [-0.15, -0.1) is 0 Å². The molecule has 1 aromatic heterocycles. The van der Waals surface area contributed by atoms with E-state index in [-0.39, 0.29) is 0 Å². The molecule has 2 N–H and O–H groups in total. The molecule has 0 radical (unpaired) electrons. The molecular weight excluding hydrogens is 304 g/mol. The lowest BCUT2D eigenvalue weighted by molar-refractivity contribution is 0.355. The number of ether oxygens (including phenoxy) is 3. The molecule has 0 bridgehead atoms. The highest BCUT2D eigenvalue weighted by atomic mass is 16.5. The molecule has 24 heavy (non-hydrogen) atoms. The molecule has 0 saturated carbocycles. The largest absolute Gasteiger partial charge is 0.493 e. The highest BCUT2D eigenvalue weighted by molar-refractivity contribution is 5.83. The zero-order valence-corrected chi connectivity index (χ0v) is 14.2. The Morgan fingerprint density at radius 2 is 1.54 bits per heavy atom. The van der Waals surface area contributed by atoms with Crippen molar-refractivity contribution in [2.24, 2.45) is 0 Å². The highest BCUT2D eigenvalue weighted by Gasteiger charge is 2.10. The predicted octanol–water partition coefficient (Wildman–Crippen LogP) is 4.24. The van der Waals surface area contributed by atoms with Crippen molar-refractivity contribution < 1.29 is 14.2 Å². The van der Waals surface area contributed by atoms with Crippen molar-refractivity contribution in [3.8, 4) is 23.1 Å². The van der Waals surface area contributed by atoms with E-state index in [9.17, 15) is 0 Å². The maximum Gasteiger partial charge on any atom is 0.219 e. The number of hydrogen-bond donors (Lipinski definition) is 1. The van der Waals surface area contributed by atoms with Crippen LogP contribution in [0.1, 0.15) is 11.1 Å². The Balaban J connectivity index is 2.00. The predicted molar refractivity (Wildman–Crippen MR) is 95.2 cm³/mol. The number of fused-ring (bicyclic) bond motifs is 1. The van der Waals surface area contributed by atoms with Gasteiger partial charge in [0.2, 0.25) is 5.88 Å². The molecule has 0 unspecified atom stereocenters. The molecule has 5 nitrogen and oxygen atoms in total. The van der Waals surface area contributed by atoms with Crippen molar-refractivity contribution in [3.05, 3.63) is 47.5 Å². The number of nitrogen functional groups attached to an aromatic ring is 1. The summed E-state index contributed by atoms with van der Waals surface area (Å²) in [6, 6.07) is 11.2. The molecule has 0 saturated heterocycles. The number of anilines is 1. The Kier molecular flexibility index (Phi) is 4.16. The van der Waals surface area contributed by atoms with E-state index in [4.69, 9.17) is 19.9 Å². The Labute approximate surface area is 141 Å². The molecular formula is C19H20N2O3. The lowest BCUT2D eigenvalue weighted by Gasteiger charge is -2.13. The second-order valence-corrected chi connectivity index (χ2v) is 5.55. The van der Waals surface area contributed by atoms with Gasteiger partial charge in [0.25, 0.3) is 0 Å². The molecule has 0 fully saturated rings. The molecule has 2 aromatic carbocycles. The summed E-state index contributed by atoms with van der Waals surface area (Å²) >= 11 is 0. The van der Waals surface area contributed by atoms with Crippen molar-refractivity contribution in [1.82, 2.24) is 4.98 Å². The van der Waals surface area contributed by atoms with Crippen LogP contribution in [0.25, 0.3) is 10.9 Å². The van der Waals surface area contributed by atoms with Gasteiger partial charge in [-0.2, -0.15) is 0 Å². The summed E-state index contributed by atoms with van der Waals surface area (Å²) in [6.45, 7) is 3.96. The van der Waals surface area contributed by atoms with Gasteiger partial charge in [-0.1, -0.05) is 0 Å². The van der Waals surface area contributed by atoms with Crippen LogP contribution in [0, 0.1) is 13.8 Å². The summed E-state index contributed by atoms with van der Waals surface area (Å²) in [5.41, 5.74) is 9.46. The van der Waals surface area contributed by atoms with Crippen LogP contribution >= 0.6 is 0 Å². The molecule has 1 heterocycles. The van der Waals surface area contributed by atoms with Crippen LogP contribution in [0.2, 0.25) is 0 Å². The van der Waals surface area contributed by atoms with E-state index in [1.54, 1.807) is 14.2 Å². The van der Waals surface area contributed by atoms with Crippen LogP contribution in [0.15, 0.2) is 36.4 Å². The van der Waals surface area contributed by atoms with Gasteiger partial charge in [0.1, 0.15) is 5.75 Å². The smallest absolute Gasteiger partial charge is 0.219 e. The summed E-state index contributed by atoms with van der Waals surface area (Å²) in [5, 5.41) is 0.949. The fraction of sp³-hybridized carbons (Fsp3) is 0.211. The van der Waals surface area contributed by atoms with Gasteiger partial charge in [0, 0.05) is 23.2 Å². The van der Waals surface area contributed by atoms with Crippen molar-refractivity contribution >= 4 is 16.6 Å². The zero-order chi connectivity index (χ0) is 17.3. The molecule has 0 aliphatic carbocycles. The van der Waals surface area contributed by atoms with Gasteiger partial charge in [0.15, 0.2) is 11.5 Å². The van der Waals surface area contributed by atoms with Gasteiger partial charge in [-0.3, -0.25) is 0 Å². The third-order valence-corrected chi connectivity index (χ3v) is 4.16. The molecule has 0 aliphatic rings. The first-order valence-corrected chi connectivity index (χ1v) is 7.59. The first-order valence-electron chi connectivity index (χ1n) is 7.59. The molecule has 3 rings (SSSR count). The van der Waals surface area contributed by atoms with Crippen LogP contribution in [0.3, 0.4) is 0 Å². The van der Waals surface area contributed by atoms with E-state index < -0.39 is 0 Å². The minimum Gasteiger partial charge on any atom is -0.493 e. The monoisotopic (exact) mass is 324 g/mol. The van der Waals surface area contributed by atoms with Crippen LogP contribution in [-0.2, 0) is 0 Å². The molecule has 0 aliphatic heterocycles. The Hall–Kier alpha value is -2.95. The van der Waals surface area contributed by atoms with Crippen molar-refractivity contribution in [1.29, 1.82) is 0 Å². The summed E-state index contributed by atoms with van der Waals surface area (Å²) in [7, 11) is 3.21. The molecule has 3 aromatic rings. The average Bonchev–Trinajstić information content (AvgIpc) is 2.60. The third-order valence-electron chi connectivity index (χ3n) is 4.16. The Morgan fingerprint density at radius 3 is 2.25 bits per heavy atom. The normalized spacial score (nSPS) is 10.7. The summed E-state index contributed by atoms with van der Waals surface area (Å²) in [6.07, 6.45) is 0. The van der Waals surface area contributed by atoms with E-state index in [1.165, 1.54) is 0 Å². The van der Waals surface area contributed by atoms with Crippen molar-refractivity contribution in [2.45, 2.75) is 13.8 Å². The van der Waals surface area contributed by atoms with Gasteiger partial charge in [0.05, 0.1) is 19.7 Å². The minimum atomic E-state index is 0.516. The molecule has 0 atom stereocenters. The quantitative estimate of drug-likeness (QED) is 0.727. The zero-order valence-electron chi connectivity index (χ0n) is 14.2. The maximum absolute atomic E-state index is 5.94. The number of pyridine rings is 1. The topological polar surface area (TPSA) is 66.6 Å². The first-order chi connectivity index (χ1) is 11.5. The van der Waals surface area contributed by atoms with Crippen LogP contribution in [0.5, 0.6) is 23.1 Å². The van der Waals surface area contributed by atoms with Gasteiger partial charge in [-0.05, 0) is 49.2 Å². The van der Waals surface area contributed by atoms with E-state index in [0.717, 1.165) is 33.5 Å². The number of benzene rings is 2. The van der Waals surface area contributed by atoms with Crippen molar-refractivity contribution in [3.63, 3.8) is 0 Å².